The Hall–Kier alpha value is -2.92. The van der Waals surface area contributed by atoms with Gasteiger partial charge in [0.25, 0.3) is 0 Å². The van der Waals surface area contributed by atoms with Crippen LogP contribution in [-0.2, 0) is 9.31 Å². The Labute approximate surface area is 172 Å². The minimum Gasteiger partial charge on any atom is -0.399 e. The summed E-state index contributed by atoms with van der Waals surface area (Å²) >= 11 is 0. The molecule has 2 N–H and O–H groups in total. The molecule has 4 rings (SSSR count). The van der Waals surface area contributed by atoms with Crippen molar-refractivity contribution in [2.45, 2.75) is 45.8 Å². The monoisotopic (exact) mass is 414 g/mol. The van der Waals surface area contributed by atoms with Crippen LogP contribution in [0, 0.1) is 18.6 Å². The van der Waals surface area contributed by atoms with Gasteiger partial charge in [-0.1, -0.05) is 6.07 Å². The van der Waals surface area contributed by atoms with E-state index in [0.29, 0.717) is 11.0 Å². The second kappa shape index (κ2) is 6.81. The van der Waals surface area contributed by atoms with Gasteiger partial charge in [-0.2, -0.15) is 4.68 Å². The topological polar surface area (TPSA) is 101 Å². The third-order valence-electron chi connectivity index (χ3n) is 5.66. The summed E-state index contributed by atoms with van der Waals surface area (Å²) in [7, 11) is -0.681. The molecule has 156 valence electrons. The molecule has 1 fully saturated rings. The number of rotatable bonds is 3. The van der Waals surface area contributed by atoms with Crippen LogP contribution in [0.5, 0.6) is 0 Å². The van der Waals surface area contributed by atoms with Crippen molar-refractivity contribution in [1.82, 2.24) is 25.2 Å². The molecule has 1 aliphatic rings. The summed E-state index contributed by atoms with van der Waals surface area (Å²) < 4.78 is 41.8. The summed E-state index contributed by atoms with van der Waals surface area (Å²) in [6.07, 6.45) is 1.54. The number of tetrazole rings is 1. The number of nitrogens with zero attached hydrogens (tertiary/aromatic N) is 5. The molecule has 0 radical (unpaired) electrons. The van der Waals surface area contributed by atoms with E-state index in [9.17, 15) is 8.78 Å². The number of aryl methyl sites for hydroxylation is 1. The molecule has 1 saturated heterocycles. The SMILES string of the molecule is Cc1ccc(-n2nnnc2-c2cc(B3OC(C)(C)C(C)(C)O3)cnc2N)c(F)c1F. The van der Waals surface area contributed by atoms with E-state index in [2.05, 4.69) is 20.5 Å². The highest BCUT2D eigenvalue weighted by molar-refractivity contribution is 6.62. The Morgan fingerprint density at radius 3 is 2.40 bits per heavy atom. The van der Waals surface area contributed by atoms with Gasteiger partial charge >= 0.3 is 7.12 Å². The molecule has 1 aliphatic heterocycles. The van der Waals surface area contributed by atoms with Gasteiger partial charge < -0.3 is 15.0 Å². The van der Waals surface area contributed by atoms with Crippen LogP contribution in [0.2, 0.25) is 0 Å². The van der Waals surface area contributed by atoms with Crippen LogP contribution in [0.15, 0.2) is 24.4 Å². The lowest BCUT2D eigenvalue weighted by molar-refractivity contribution is 0.00578. The van der Waals surface area contributed by atoms with E-state index in [1.165, 1.54) is 19.1 Å². The van der Waals surface area contributed by atoms with Gasteiger partial charge in [0.05, 0.1) is 16.8 Å². The zero-order chi connectivity index (χ0) is 21.8. The zero-order valence-electron chi connectivity index (χ0n) is 17.3. The molecule has 3 heterocycles. The average molecular weight is 414 g/mol. The van der Waals surface area contributed by atoms with Gasteiger partial charge in [0.2, 0.25) is 0 Å². The van der Waals surface area contributed by atoms with Gasteiger partial charge in [-0.25, -0.2) is 13.8 Å². The molecule has 3 aromatic rings. The minimum absolute atomic E-state index is 0.112. The molecule has 0 aliphatic carbocycles. The van der Waals surface area contributed by atoms with Crippen LogP contribution < -0.4 is 11.2 Å². The van der Waals surface area contributed by atoms with Gasteiger partial charge in [-0.05, 0) is 62.7 Å². The Balaban J connectivity index is 1.79. The fourth-order valence-electron chi connectivity index (χ4n) is 3.10. The Kier molecular flexibility index (Phi) is 4.62. The molecule has 0 unspecified atom stereocenters. The highest BCUT2D eigenvalue weighted by Crippen LogP contribution is 2.37. The molecule has 0 bridgehead atoms. The lowest BCUT2D eigenvalue weighted by atomic mass is 9.79. The number of nitrogens with two attached hydrogens (primary N) is 1. The number of pyridine rings is 1. The Bertz CT molecular complexity index is 1120. The van der Waals surface area contributed by atoms with Crippen molar-refractivity contribution in [2.75, 3.05) is 5.73 Å². The number of nitrogen functional groups attached to an aromatic ring is 1. The number of halogens is 2. The summed E-state index contributed by atoms with van der Waals surface area (Å²) in [5, 5.41) is 11.4. The number of anilines is 1. The molecular formula is C19H21BF2N6O2. The zero-order valence-corrected chi connectivity index (χ0v) is 17.3. The van der Waals surface area contributed by atoms with Crippen molar-refractivity contribution in [3.8, 4) is 17.1 Å². The number of aromatic nitrogens is 5. The molecule has 0 atom stereocenters. The van der Waals surface area contributed by atoms with Gasteiger partial charge in [0.15, 0.2) is 17.5 Å². The highest BCUT2D eigenvalue weighted by Gasteiger charge is 2.52. The first-order valence-electron chi connectivity index (χ1n) is 9.36. The smallest absolute Gasteiger partial charge is 0.399 e. The molecule has 11 heteroatoms. The normalized spacial score (nSPS) is 17.5. The summed E-state index contributed by atoms with van der Waals surface area (Å²) in [6, 6.07) is 4.52. The largest absolute Gasteiger partial charge is 0.496 e. The Morgan fingerprint density at radius 2 is 1.73 bits per heavy atom. The number of hydrogen-bond acceptors (Lipinski definition) is 7. The van der Waals surface area contributed by atoms with E-state index in [-0.39, 0.29) is 22.9 Å². The highest BCUT2D eigenvalue weighted by atomic mass is 19.2. The van der Waals surface area contributed by atoms with Crippen molar-refractivity contribution in [3.63, 3.8) is 0 Å². The molecular weight excluding hydrogens is 393 g/mol. The van der Waals surface area contributed by atoms with Gasteiger partial charge in [-0.15, -0.1) is 5.10 Å². The standard InChI is InChI=1S/C19H21BF2N6O2/c1-10-6-7-13(15(22)14(10)21)28-17(25-26-27-28)12-8-11(9-24-16(12)23)20-29-18(2,3)19(4,5)30-20/h6-9H,1-5H3,(H2,23,24). The first-order chi connectivity index (χ1) is 14.0. The molecule has 1 aromatic carbocycles. The molecule has 30 heavy (non-hydrogen) atoms. The fourth-order valence-corrected chi connectivity index (χ4v) is 3.10. The van der Waals surface area contributed by atoms with E-state index in [1.54, 1.807) is 12.3 Å². The Morgan fingerprint density at radius 1 is 1.07 bits per heavy atom. The molecule has 0 saturated carbocycles. The summed E-state index contributed by atoms with van der Waals surface area (Å²) in [4.78, 5) is 4.21. The third kappa shape index (κ3) is 3.14. The lowest BCUT2D eigenvalue weighted by Gasteiger charge is -2.32. The summed E-state index contributed by atoms with van der Waals surface area (Å²) in [5.74, 6) is -1.79. The van der Waals surface area contributed by atoms with E-state index in [0.717, 1.165) is 4.68 Å². The third-order valence-corrected chi connectivity index (χ3v) is 5.66. The lowest BCUT2D eigenvalue weighted by Crippen LogP contribution is -2.41. The summed E-state index contributed by atoms with van der Waals surface area (Å²) in [6.45, 7) is 9.22. The first-order valence-corrected chi connectivity index (χ1v) is 9.36. The predicted molar refractivity (Wildman–Crippen MR) is 107 cm³/mol. The average Bonchev–Trinajstić information content (AvgIpc) is 3.22. The quantitative estimate of drug-likeness (QED) is 0.656. The molecule has 0 amide bonds. The second-order valence-corrected chi connectivity index (χ2v) is 8.23. The van der Waals surface area contributed by atoms with Gasteiger partial charge in [0.1, 0.15) is 11.5 Å². The summed E-state index contributed by atoms with van der Waals surface area (Å²) in [5.41, 5.74) is 5.95. The van der Waals surface area contributed by atoms with E-state index < -0.39 is 30.0 Å². The maximum Gasteiger partial charge on any atom is 0.496 e. The van der Waals surface area contributed by atoms with Crippen LogP contribution >= 0.6 is 0 Å². The predicted octanol–water partition coefficient (Wildman–Crippen LogP) is 2.19. The van der Waals surface area contributed by atoms with E-state index in [1.807, 2.05) is 27.7 Å². The van der Waals surface area contributed by atoms with Crippen LogP contribution in [-0.4, -0.2) is 43.5 Å². The molecule has 0 spiro atoms. The van der Waals surface area contributed by atoms with Crippen LogP contribution in [0.1, 0.15) is 33.3 Å². The number of benzene rings is 1. The fraction of sp³-hybridized carbons (Fsp3) is 0.368. The number of hydrogen-bond donors (Lipinski definition) is 1. The maximum atomic E-state index is 14.5. The second-order valence-electron chi connectivity index (χ2n) is 8.23. The van der Waals surface area contributed by atoms with Crippen molar-refractivity contribution in [2.24, 2.45) is 0 Å². The van der Waals surface area contributed by atoms with Crippen molar-refractivity contribution in [3.05, 3.63) is 41.6 Å². The van der Waals surface area contributed by atoms with Crippen LogP contribution in [0.4, 0.5) is 14.6 Å². The van der Waals surface area contributed by atoms with Crippen molar-refractivity contribution < 1.29 is 18.1 Å². The van der Waals surface area contributed by atoms with Crippen molar-refractivity contribution >= 4 is 18.4 Å². The van der Waals surface area contributed by atoms with Crippen molar-refractivity contribution in [1.29, 1.82) is 0 Å². The van der Waals surface area contributed by atoms with Gasteiger partial charge in [-0.3, -0.25) is 0 Å². The molecule has 2 aromatic heterocycles. The van der Waals surface area contributed by atoms with Gasteiger partial charge in [0, 0.05) is 11.7 Å². The maximum absolute atomic E-state index is 14.5. The van der Waals surface area contributed by atoms with E-state index >= 15 is 0 Å². The van der Waals surface area contributed by atoms with Crippen LogP contribution in [0.3, 0.4) is 0 Å². The first kappa shape index (κ1) is 20.4. The minimum atomic E-state index is -1.06. The van der Waals surface area contributed by atoms with Crippen LogP contribution in [0.25, 0.3) is 17.1 Å². The van der Waals surface area contributed by atoms with E-state index in [4.69, 9.17) is 15.0 Å². The molecule has 8 nitrogen and oxygen atoms in total.